The summed E-state index contributed by atoms with van der Waals surface area (Å²) in [5, 5.41) is 11.1. The predicted octanol–water partition coefficient (Wildman–Crippen LogP) is 3.27. The summed E-state index contributed by atoms with van der Waals surface area (Å²) in [5.74, 6) is 0.741. The zero-order chi connectivity index (χ0) is 13.2. The fourth-order valence-corrected chi connectivity index (χ4v) is 2.92. The third kappa shape index (κ3) is 2.24. The SMILES string of the molecule is CCOc1cncc(C2(O)CCCCC2(C)C)c1. The number of rotatable bonds is 3. The van der Waals surface area contributed by atoms with Gasteiger partial charge in [-0.25, -0.2) is 0 Å². The number of nitrogens with zero attached hydrogens (tertiary/aromatic N) is 1. The van der Waals surface area contributed by atoms with Gasteiger partial charge in [-0.3, -0.25) is 4.98 Å². The van der Waals surface area contributed by atoms with Crippen molar-refractivity contribution in [2.45, 2.75) is 52.1 Å². The maximum atomic E-state index is 11.1. The minimum absolute atomic E-state index is 0.113. The van der Waals surface area contributed by atoms with Crippen LogP contribution in [0.15, 0.2) is 18.5 Å². The Labute approximate surface area is 109 Å². The first-order chi connectivity index (χ1) is 8.49. The molecule has 18 heavy (non-hydrogen) atoms. The quantitative estimate of drug-likeness (QED) is 0.894. The maximum absolute atomic E-state index is 11.1. The van der Waals surface area contributed by atoms with Crippen LogP contribution >= 0.6 is 0 Å². The Balaban J connectivity index is 2.36. The van der Waals surface area contributed by atoms with Gasteiger partial charge in [-0.1, -0.05) is 26.7 Å². The lowest BCUT2D eigenvalue weighted by molar-refractivity contribution is -0.104. The normalized spacial score (nSPS) is 26.9. The molecule has 3 nitrogen and oxygen atoms in total. The van der Waals surface area contributed by atoms with Crippen LogP contribution in [0.2, 0.25) is 0 Å². The average Bonchev–Trinajstić information content (AvgIpc) is 2.34. The Hall–Kier alpha value is -1.09. The summed E-state index contributed by atoms with van der Waals surface area (Å²) in [4.78, 5) is 4.20. The van der Waals surface area contributed by atoms with E-state index in [2.05, 4.69) is 18.8 Å². The van der Waals surface area contributed by atoms with Gasteiger partial charge < -0.3 is 9.84 Å². The van der Waals surface area contributed by atoms with E-state index in [-0.39, 0.29) is 5.41 Å². The van der Waals surface area contributed by atoms with Gasteiger partial charge in [-0.15, -0.1) is 0 Å². The van der Waals surface area contributed by atoms with Crippen molar-refractivity contribution in [2.75, 3.05) is 6.61 Å². The monoisotopic (exact) mass is 249 g/mol. The molecule has 1 aliphatic rings. The number of aromatic nitrogens is 1. The molecular formula is C15H23NO2. The second-order valence-corrected chi connectivity index (χ2v) is 5.79. The number of aliphatic hydroxyl groups is 1. The fourth-order valence-electron chi connectivity index (χ4n) is 2.92. The molecule has 1 aliphatic carbocycles. The molecule has 0 spiro atoms. The predicted molar refractivity (Wildman–Crippen MR) is 71.6 cm³/mol. The molecule has 0 aliphatic heterocycles. The van der Waals surface area contributed by atoms with Crippen LogP contribution < -0.4 is 4.74 Å². The maximum Gasteiger partial charge on any atom is 0.137 e. The first-order valence-corrected chi connectivity index (χ1v) is 6.80. The number of hydrogen-bond donors (Lipinski definition) is 1. The largest absolute Gasteiger partial charge is 0.492 e. The van der Waals surface area contributed by atoms with Crippen LogP contribution in [0.3, 0.4) is 0 Å². The van der Waals surface area contributed by atoms with Crippen molar-refractivity contribution in [1.82, 2.24) is 4.98 Å². The molecule has 0 saturated heterocycles. The molecule has 0 radical (unpaired) electrons. The minimum atomic E-state index is -0.786. The van der Waals surface area contributed by atoms with Crippen LogP contribution in [-0.2, 0) is 5.60 Å². The highest BCUT2D eigenvalue weighted by atomic mass is 16.5. The number of pyridine rings is 1. The summed E-state index contributed by atoms with van der Waals surface area (Å²) in [6, 6.07) is 1.93. The topological polar surface area (TPSA) is 42.4 Å². The Morgan fingerprint density at radius 2 is 2.00 bits per heavy atom. The first-order valence-electron chi connectivity index (χ1n) is 6.80. The second kappa shape index (κ2) is 4.88. The third-order valence-electron chi connectivity index (χ3n) is 4.21. The highest BCUT2D eigenvalue weighted by Gasteiger charge is 2.46. The average molecular weight is 249 g/mol. The second-order valence-electron chi connectivity index (χ2n) is 5.79. The van der Waals surface area contributed by atoms with Gasteiger partial charge in [0, 0.05) is 11.8 Å². The van der Waals surface area contributed by atoms with Gasteiger partial charge in [0.05, 0.1) is 18.4 Å². The van der Waals surface area contributed by atoms with Gasteiger partial charge in [0.2, 0.25) is 0 Å². The van der Waals surface area contributed by atoms with Gasteiger partial charge in [0.25, 0.3) is 0 Å². The van der Waals surface area contributed by atoms with Gasteiger partial charge in [0.1, 0.15) is 5.75 Å². The molecule has 1 N–H and O–H groups in total. The van der Waals surface area contributed by atoms with Crippen LogP contribution in [0.4, 0.5) is 0 Å². The van der Waals surface area contributed by atoms with Crippen LogP contribution in [-0.4, -0.2) is 16.7 Å². The van der Waals surface area contributed by atoms with Crippen molar-refractivity contribution in [3.8, 4) is 5.75 Å². The molecule has 1 aromatic heterocycles. The molecule has 3 heteroatoms. The summed E-state index contributed by atoms with van der Waals surface area (Å²) in [5.41, 5.74) is -0.0125. The van der Waals surface area contributed by atoms with Crippen molar-refractivity contribution in [3.63, 3.8) is 0 Å². The van der Waals surface area contributed by atoms with E-state index in [1.807, 2.05) is 13.0 Å². The zero-order valence-corrected chi connectivity index (χ0v) is 11.6. The van der Waals surface area contributed by atoms with Crippen LogP contribution in [0.25, 0.3) is 0 Å². The van der Waals surface area contributed by atoms with E-state index in [4.69, 9.17) is 4.74 Å². The molecule has 1 heterocycles. The van der Waals surface area contributed by atoms with E-state index >= 15 is 0 Å². The summed E-state index contributed by atoms with van der Waals surface area (Å²) >= 11 is 0. The van der Waals surface area contributed by atoms with Gasteiger partial charge in [0.15, 0.2) is 0 Å². The lowest BCUT2D eigenvalue weighted by Gasteiger charge is -2.46. The third-order valence-corrected chi connectivity index (χ3v) is 4.21. The molecule has 1 saturated carbocycles. The minimum Gasteiger partial charge on any atom is -0.492 e. The molecular weight excluding hydrogens is 226 g/mol. The van der Waals surface area contributed by atoms with Gasteiger partial charge >= 0.3 is 0 Å². The number of hydrogen-bond acceptors (Lipinski definition) is 3. The van der Waals surface area contributed by atoms with E-state index in [1.165, 1.54) is 6.42 Å². The first kappa shape index (κ1) is 13.3. The van der Waals surface area contributed by atoms with Crippen molar-refractivity contribution >= 4 is 0 Å². The molecule has 100 valence electrons. The van der Waals surface area contributed by atoms with Crippen LogP contribution in [0, 0.1) is 5.41 Å². The van der Waals surface area contributed by atoms with E-state index in [9.17, 15) is 5.11 Å². The molecule has 0 amide bonds. The van der Waals surface area contributed by atoms with Crippen molar-refractivity contribution < 1.29 is 9.84 Å². The smallest absolute Gasteiger partial charge is 0.137 e. The van der Waals surface area contributed by atoms with Crippen molar-refractivity contribution in [3.05, 3.63) is 24.0 Å². The molecule has 1 unspecified atom stereocenters. The van der Waals surface area contributed by atoms with Crippen molar-refractivity contribution in [2.24, 2.45) is 5.41 Å². The molecule has 1 fully saturated rings. The standard InChI is InChI=1S/C15H23NO2/c1-4-18-13-9-12(10-16-11-13)15(17)8-6-5-7-14(15,2)3/h9-11,17H,4-8H2,1-3H3. The van der Waals surface area contributed by atoms with Crippen molar-refractivity contribution in [1.29, 1.82) is 0 Å². The molecule has 1 aromatic rings. The van der Waals surface area contributed by atoms with E-state index in [0.717, 1.165) is 30.6 Å². The zero-order valence-electron chi connectivity index (χ0n) is 11.6. The Morgan fingerprint density at radius 1 is 1.28 bits per heavy atom. The summed E-state index contributed by atoms with van der Waals surface area (Å²) in [7, 11) is 0. The number of ether oxygens (including phenoxy) is 1. The lowest BCUT2D eigenvalue weighted by Crippen LogP contribution is -2.44. The van der Waals surface area contributed by atoms with E-state index in [0.29, 0.717) is 6.61 Å². The summed E-state index contributed by atoms with van der Waals surface area (Å²) in [6.45, 7) is 6.85. The molecule has 0 aromatic carbocycles. The summed E-state index contributed by atoms with van der Waals surface area (Å²) < 4.78 is 5.48. The van der Waals surface area contributed by atoms with E-state index < -0.39 is 5.60 Å². The lowest BCUT2D eigenvalue weighted by atomic mass is 9.63. The Morgan fingerprint density at radius 3 is 2.67 bits per heavy atom. The molecule has 0 bridgehead atoms. The Kier molecular flexibility index (Phi) is 3.62. The van der Waals surface area contributed by atoms with E-state index in [1.54, 1.807) is 12.4 Å². The van der Waals surface area contributed by atoms with Gasteiger partial charge in [-0.05, 0) is 31.2 Å². The fraction of sp³-hybridized carbons (Fsp3) is 0.667. The molecule has 1 atom stereocenters. The van der Waals surface area contributed by atoms with Crippen LogP contribution in [0.1, 0.15) is 52.0 Å². The van der Waals surface area contributed by atoms with Gasteiger partial charge in [-0.2, -0.15) is 0 Å². The highest BCUT2D eigenvalue weighted by Crippen LogP contribution is 2.50. The molecule has 2 rings (SSSR count). The Bertz CT molecular complexity index is 417. The highest BCUT2D eigenvalue weighted by molar-refractivity contribution is 5.30. The van der Waals surface area contributed by atoms with Crippen LogP contribution in [0.5, 0.6) is 5.75 Å². The summed E-state index contributed by atoms with van der Waals surface area (Å²) in [6.07, 6.45) is 7.58.